The Hall–Kier alpha value is -1.79. The number of nitrogens with one attached hydrogen (secondary N) is 1. The van der Waals surface area contributed by atoms with Gasteiger partial charge in [-0.25, -0.2) is 0 Å². The molecule has 1 atom stereocenters. The maximum Gasteiger partial charge on any atom is 0.230 e. The molecule has 2 aliphatic rings. The Kier molecular flexibility index (Phi) is 8.87. The van der Waals surface area contributed by atoms with Crippen LogP contribution in [0.5, 0.6) is 0 Å². The highest BCUT2D eigenvalue weighted by Crippen LogP contribution is 2.34. The number of carbonyl (C=O) groups excluding carboxylic acids is 2. The van der Waals surface area contributed by atoms with Crippen LogP contribution in [-0.4, -0.2) is 53.8 Å². The average molecular weight is 551 g/mol. The second-order valence-corrected chi connectivity index (χ2v) is 11.5. The van der Waals surface area contributed by atoms with Crippen LogP contribution in [0, 0.1) is 6.92 Å². The SMILES string of the molecule is Cc1cc(CNC(=O)C(C)(CCN2CCC(N3CCCC3=O)CC2)c2ccc(Cl)c(Cl)c2)ccc1Cl. The number of hydrogen-bond acceptors (Lipinski definition) is 3. The molecule has 2 fully saturated rings. The van der Waals surface area contributed by atoms with E-state index in [1.54, 1.807) is 12.1 Å². The summed E-state index contributed by atoms with van der Waals surface area (Å²) < 4.78 is 0. The van der Waals surface area contributed by atoms with Crippen LogP contribution in [-0.2, 0) is 21.5 Å². The fraction of sp³-hybridized carbons (Fsp3) is 0.500. The molecule has 0 bridgehead atoms. The minimum absolute atomic E-state index is 0.0500. The zero-order chi connectivity index (χ0) is 25.9. The van der Waals surface area contributed by atoms with Crippen molar-refractivity contribution in [2.45, 2.75) is 64.0 Å². The van der Waals surface area contributed by atoms with Crippen molar-refractivity contribution in [1.29, 1.82) is 0 Å². The first-order chi connectivity index (χ1) is 17.2. The maximum atomic E-state index is 13.6. The van der Waals surface area contributed by atoms with E-state index in [1.165, 1.54) is 0 Å². The van der Waals surface area contributed by atoms with Crippen molar-refractivity contribution in [2.75, 3.05) is 26.2 Å². The van der Waals surface area contributed by atoms with Gasteiger partial charge < -0.3 is 15.1 Å². The fourth-order valence-electron chi connectivity index (χ4n) is 5.31. The molecule has 1 unspecified atom stereocenters. The summed E-state index contributed by atoms with van der Waals surface area (Å²) in [6.45, 7) is 7.89. The zero-order valence-corrected chi connectivity index (χ0v) is 23.2. The first kappa shape index (κ1) is 27.3. The fourth-order valence-corrected chi connectivity index (χ4v) is 5.73. The number of hydrogen-bond donors (Lipinski definition) is 1. The summed E-state index contributed by atoms with van der Waals surface area (Å²) in [5.41, 5.74) is 2.05. The van der Waals surface area contributed by atoms with Gasteiger partial charge in [0.15, 0.2) is 0 Å². The number of nitrogens with zero attached hydrogens (tertiary/aromatic N) is 2. The summed E-state index contributed by atoms with van der Waals surface area (Å²) in [5, 5.41) is 4.76. The van der Waals surface area contributed by atoms with Crippen LogP contribution < -0.4 is 5.32 Å². The predicted octanol–water partition coefficient (Wildman–Crippen LogP) is 6.01. The van der Waals surface area contributed by atoms with Crippen LogP contribution in [0.2, 0.25) is 15.1 Å². The van der Waals surface area contributed by atoms with Crippen molar-refractivity contribution in [1.82, 2.24) is 15.1 Å². The van der Waals surface area contributed by atoms with Crippen LogP contribution in [0.4, 0.5) is 0 Å². The second kappa shape index (κ2) is 11.7. The molecule has 0 aromatic heterocycles. The lowest BCUT2D eigenvalue weighted by Gasteiger charge is -2.38. The third-order valence-electron chi connectivity index (χ3n) is 7.77. The lowest BCUT2D eigenvalue weighted by atomic mass is 9.78. The third-order valence-corrected chi connectivity index (χ3v) is 8.93. The average Bonchev–Trinajstić information content (AvgIpc) is 3.30. The summed E-state index contributed by atoms with van der Waals surface area (Å²) in [6, 6.07) is 11.6. The Bertz CT molecular complexity index is 1120. The van der Waals surface area contributed by atoms with Gasteiger partial charge in [0.1, 0.15) is 0 Å². The van der Waals surface area contributed by atoms with Gasteiger partial charge in [-0.2, -0.15) is 0 Å². The number of benzene rings is 2. The van der Waals surface area contributed by atoms with Crippen LogP contribution in [0.1, 0.15) is 55.7 Å². The lowest BCUT2D eigenvalue weighted by Crippen LogP contribution is -2.48. The van der Waals surface area contributed by atoms with Gasteiger partial charge in [-0.05, 0) is 81.0 Å². The molecule has 0 aliphatic carbocycles. The number of aryl methyl sites for hydroxylation is 1. The van der Waals surface area contributed by atoms with E-state index >= 15 is 0 Å². The van der Waals surface area contributed by atoms with E-state index in [4.69, 9.17) is 34.8 Å². The highest BCUT2D eigenvalue weighted by Gasteiger charge is 2.37. The molecule has 2 aromatic carbocycles. The maximum absolute atomic E-state index is 13.6. The molecule has 0 saturated carbocycles. The van der Waals surface area contributed by atoms with Gasteiger partial charge >= 0.3 is 0 Å². The van der Waals surface area contributed by atoms with E-state index in [2.05, 4.69) is 15.1 Å². The van der Waals surface area contributed by atoms with E-state index in [1.807, 2.05) is 38.1 Å². The van der Waals surface area contributed by atoms with E-state index < -0.39 is 5.41 Å². The lowest BCUT2D eigenvalue weighted by molar-refractivity contribution is -0.130. The summed E-state index contributed by atoms with van der Waals surface area (Å²) in [4.78, 5) is 30.3. The molecule has 36 heavy (non-hydrogen) atoms. The largest absolute Gasteiger partial charge is 0.351 e. The molecule has 8 heteroatoms. The molecule has 1 N–H and O–H groups in total. The van der Waals surface area contributed by atoms with Gasteiger partial charge in [0.05, 0.1) is 15.5 Å². The molecule has 2 aromatic rings. The van der Waals surface area contributed by atoms with Gasteiger partial charge in [0.2, 0.25) is 11.8 Å². The van der Waals surface area contributed by atoms with E-state index in [-0.39, 0.29) is 5.91 Å². The van der Waals surface area contributed by atoms with E-state index in [0.29, 0.717) is 46.4 Å². The quantitative estimate of drug-likeness (QED) is 0.438. The van der Waals surface area contributed by atoms with Crippen molar-refractivity contribution in [3.63, 3.8) is 0 Å². The standard InChI is InChI=1S/C28H34Cl3N3O2/c1-19-16-20(5-7-23(19)29)18-32-27(36)28(2,21-6-8-24(30)25(31)17-21)11-15-33-13-9-22(10-14-33)34-12-3-4-26(34)35/h5-8,16-17,22H,3-4,9-15,18H2,1-2H3,(H,32,36). The van der Waals surface area contributed by atoms with Crippen molar-refractivity contribution >= 4 is 46.6 Å². The van der Waals surface area contributed by atoms with Crippen molar-refractivity contribution in [3.05, 3.63) is 68.2 Å². The van der Waals surface area contributed by atoms with Gasteiger partial charge in [0.25, 0.3) is 0 Å². The first-order valence-electron chi connectivity index (χ1n) is 12.7. The van der Waals surface area contributed by atoms with Crippen molar-refractivity contribution in [2.24, 2.45) is 0 Å². The minimum Gasteiger partial charge on any atom is -0.351 e. The van der Waals surface area contributed by atoms with Gasteiger partial charge in [0, 0.05) is 43.7 Å². The Morgan fingerprint density at radius 2 is 1.75 bits per heavy atom. The van der Waals surface area contributed by atoms with Gasteiger partial charge in [-0.1, -0.05) is 53.0 Å². The molecule has 2 saturated heterocycles. The molecule has 0 spiro atoms. The predicted molar refractivity (Wildman–Crippen MR) is 147 cm³/mol. The number of likely N-dealkylation sites (tertiary alicyclic amines) is 2. The Morgan fingerprint density at radius 3 is 2.39 bits per heavy atom. The van der Waals surface area contributed by atoms with Crippen molar-refractivity contribution in [3.8, 4) is 0 Å². The van der Waals surface area contributed by atoms with Crippen LogP contribution in [0.15, 0.2) is 36.4 Å². The molecule has 2 amide bonds. The molecule has 194 valence electrons. The molecule has 5 nitrogen and oxygen atoms in total. The van der Waals surface area contributed by atoms with E-state index in [0.717, 1.165) is 62.1 Å². The van der Waals surface area contributed by atoms with Crippen LogP contribution >= 0.6 is 34.8 Å². The number of piperidine rings is 1. The summed E-state index contributed by atoms with van der Waals surface area (Å²) in [6.07, 6.45) is 4.27. The third kappa shape index (κ3) is 6.19. The van der Waals surface area contributed by atoms with E-state index in [9.17, 15) is 9.59 Å². The van der Waals surface area contributed by atoms with Gasteiger partial charge in [-0.15, -0.1) is 0 Å². The van der Waals surface area contributed by atoms with Gasteiger partial charge in [-0.3, -0.25) is 9.59 Å². The Morgan fingerprint density at radius 1 is 1.03 bits per heavy atom. The molecule has 2 aliphatic heterocycles. The van der Waals surface area contributed by atoms with Crippen LogP contribution in [0.25, 0.3) is 0 Å². The first-order valence-corrected chi connectivity index (χ1v) is 13.8. The minimum atomic E-state index is -0.780. The Balaban J connectivity index is 1.43. The summed E-state index contributed by atoms with van der Waals surface area (Å²) >= 11 is 18.7. The number of carbonyl (C=O) groups is 2. The smallest absolute Gasteiger partial charge is 0.230 e. The van der Waals surface area contributed by atoms with Crippen LogP contribution in [0.3, 0.4) is 0 Å². The summed E-state index contributed by atoms with van der Waals surface area (Å²) in [7, 11) is 0. The Labute approximate surface area is 229 Å². The molecular weight excluding hydrogens is 517 g/mol. The highest BCUT2D eigenvalue weighted by atomic mass is 35.5. The number of amides is 2. The zero-order valence-electron chi connectivity index (χ0n) is 21.0. The molecular formula is C28H34Cl3N3O2. The number of rotatable bonds is 8. The molecule has 4 rings (SSSR count). The number of halogens is 3. The monoisotopic (exact) mass is 549 g/mol. The second-order valence-electron chi connectivity index (χ2n) is 10.2. The normalized spacial score (nSPS) is 18.9. The molecule has 0 radical (unpaired) electrons. The topological polar surface area (TPSA) is 52.7 Å². The molecule has 2 heterocycles. The highest BCUT2D eigenvalue weighted by molar-refractivity contribution is 6.42. The summed E-state index contributed by atoms with van der Waals surface area (Å²) in [5.74, 6) is 0.249. The van der Waals surface area contributed by atoms with Crippen molar-refractivity contribution < 1.29 is 9.59 Å².